The molecule has 0 bridgehead atoms. The molecule has 0 spiro atoms. The number of nitrogens with zero attached hydrogens (tertiary/aromatic N) is 4. The molecule has 1 aliphatic carbocycles. The highest BCUT2D eigenvalue weighted by Crippen LogP contribution is 2.38. The number of carbonyl (C=O) groups is 1. The van der Waals surface area contributed by atoms with Gasteiger partial charge in [0.05, 0.1) is 11.9 Å². The molecule has 200 valence electrons. The average Bonchev–Trinajstić information content (AvgIpc) is 3.19. The molecule has 1 fully saturated rings. The van der Waals surface area contributed by atoms with Gasteiger partial charge in [-0.25, -0.2) is 13.2 Å². The van der Waals surface area contributed by atoms with E-state index in [9.17, 15) is 18.4 Å². The lowest BCUT2D eigenvalue weighted by Crippen LogP contribution is -2.52. The van der Waals surface area contributed by atoms with E-state index >= 15 is 4.39 Å². The van der Waals surface area contributed by atoms with Crippen LogP contribution in [0.15, 0.2) is 53.5 Å². The predicted octanol–water partition coefficient (Wildman–Crippen LogP) is 4.22. The van der Waals surface area contributed by atoms with Crippen LogP contribution in [-0.2, 0) is 11.2 Å². The van der Waals surface area contributed by atoms with Crippen molar-refractivity contribution in [1.82, 2.24) is 14.7 Å². The zero-order valence-corrected chi connectivity index (χ0v) is 21.5. The van der Waals surface area contributed by atoms with Gasteiger partial charge in [0.1, 0.15) is 23.4 Å². The van der Waals surface area contributed by atoms with Crippen molar-refractivity contribution >= 4 is 11.6 Å². The number of amides is 1. The number of anilines is 1. The van der Waals surface area contributed by atoms with Crippen LogP contribution in [0, 0.1) is 17.0 Å². The summed E-state index contributed by atoms with van der Waals surface area (Å²) in [4.78, 5) is 30.0. The summed E-state index contributed by atoms with van der Waals surface area (Å²) < 4.78 is 50.1. The molecule has 2 atom stereocenters. The lowest BCUT2D eigenvalue weighted by molar-refractivity contribution is -0.139. The molecule has 0 N–H and O–H groups in total. The highest BCUT2D eigenvalue weighted by molar-refractivity contribution is 5.81. The predicted molar refractivity (Wildman–Crippen MR) is 136 cm³/mol. The number of hydrogen-bond donors (Lipinski definition) is 0. The molecule has 7 nitrogen and oxygen atoms in total. The van der Waals surface area contributed by atoms with Crippen LogP contribution in [0.25, 0.3) is 5.69 Å². The fourth-order valence-electron chi connectivity index (χ4n) is 5.00. The molecule has 1 aromatic heterocycles. The molecule has 2 aromatic carbocycles. The van der Waals surface area contributed by atoms with Gasteiger partial charge in [-0.15, -0.1) is 0 Å². The second-order valence-corrected chi connectivity index (χ2v) is 10.7. The molecule has 2 heterocycles. The molecule has 1 amide bonds. The van der Waals surface area contributed by atoms with Crippen molar-refractivity contribution in [2.24, 2.45) is 5.41 Å². The standard InChI is InChI=1S/C28H29F3N4O3/c1-28(2,3)27(37)34-10-8-33(9-11-34)22-16-32-35(20-14-18(29)13-19(30)15-20)26(36)25(22)38-23-12-17-6-4-5-7-21(17)24(23)31/h4-7,13-16,23-24H,8-12H2,1-3H3. The van der Waals surface area contributed by atoms with Gasteiger partial charge >= 0.3 is 5.56 Å². The smallest absolute Gasteiger partial charge is 0.316 e. The van der Waals surface area contributed by atoms with Gasteiger partial charge in [-0.3, -0.25) is 9.59 Å². The van der Waals surface area contributed by atoms with Crippen molar-refractivity contribution in [3.63, 3.8) is 0 Å². The van der Waals surface area contributed by atoms with Crippen LogP contribution in [0.3, 0.4) is 0 Å². The number of fused-ring (bicyclic) bond motifs is 1. The van der Waals surface area contributed by atoms with Gasteiger partial charge < -0.3 is 14.5 Å². The molecular weight excluding hydrogens is 497 g/mol. The Balaban J connectivity index is 1.50. The molecule has 1 saturated heterocycles. The Morgan fingerprint density at radius 2 is 1.68 bits per heavy atom. The normalized spacial score (nSPS) is 19.4. The first-order valence-electron chi connectivity index (χ1n) is 12.5. The third kappa shape index (κ3) is 4.87. The quantitative estimate of drug-likeness (QED) is 0.510. The zero-order chi connectivity index (χ0) is 27.2. The first-order valence-corrected chi connectivity index (χ1v) is 12.5. The number of ether oxygens (including phenoxy) is 1. The minimum atomic E-state index is -1.45. The molecule has 0 saturated carbocycles. The molecule has 10 heteroatoms. The fourth-order valence-corrected chi connectivity index (χ4v) is 5.00. The summed E-state index contributed by atoms with van der Waals surface area (Å²) in [6.07, 6.45) is -0.757. The number of aromatic nitrogens is 2. The average molecular weight is 527 g/mol. The number of piperazine rings is 1. The van der Waals surface area contributed by atoms with Crippen molar-refractivity contribution in [2.75, 3.05) is 31.1 Å². The van der Waals surface area contributed by atoms with Gasteiger partial charge in [-0.1, -0.05) is 45.0 Å². The number of benzene rings is 2. The lowest BCUT2D eigenvalue weighted by atomic mass is 9.94. The summed E-state index contributed by atoms with van der Waals surface area (Å²) in [6.45, 7) is 7.24. The number of halogens is 3. The summed E-state index contributed by atoms with van der Waals surface area (Å²) in [5.41, 5.74) is 0.248. The third-order valence-corrected chi connectivity index (χ3v) is 6.92. The van der Waals surface area contributed by atoms with E-state index in [1.54, 1.807) is 17.0 Å². The van der Waals surface area contributed by atoms with E-state index in [1.807, 2.05) is 37.8 Å². The SMILES string of the molecule is CC(C)(C)C(=O)N1CCN(c2cnn(-c3cc(F)cc(F)c3)c(=O)c2OC2Cc3ccccc3C2F)CC1. The summed E-state index contributed by atoms with van der Waals surface area (Å²) in [6, 6.07) is 9.74. The van der Waals surface area contributed by atoms with Gasteiger partial charge in [-0.2, -0.15) is 9.78 Å². The molecule has 0 radical (unpaired) electrons. The van der Waals surface area contributed by atoms with Crippen molar-refractivity contribution in [2.45, 2.75) is 39.5 Å². The maximum atomic E-state index is 15.3. The highest BCUT2D eigenvalue weighted by atomic mass is 19.1. The molecule has 38 heavy (non-hydrogen) atoms. The van der Waals surface area contributed by atoms with Crippen LogP contribution >= 0.6 is 0 Å². The first kappa shape index (κ1) is 25.8. The largest absolute Gasteiger partial charge is 0.479 e. The van der Waals surface area contributed by atoms with E-state index in [4.69, 9.17) is 4.74 Å². The Bertz CT molecular complexity index is 1410. The number of carbonyl (C=O) groups excluding carboxylic acids is 1. The molecule has 2 aliphatic rings. The van der Waals surface area contributed by atoms with E-state index in [2.05, 4.69) is 5.10 Å². The van der Waals surface area contributed by atoms with Gasteiger partial charge in [-0.05, 0) is 23.3 Å². The number of hydrogen-bond acceptors (Lipinski definition) is 5. The van der Waals surface area contributed by atoms with Crippen LogP contribution in [0.4, 0.5) is 18.9 Å². The maximum absolute atomic E-state index is 15.3. The van der Waals surface area contributed by atoms with Crippen molar-refractivity contribution in [3.05, 3.63) is 81.8 Å². The van der Waals surface area contributed by atoms with E-state index in [0.29, 0.717) is 43.5 Å². The molecule has 1 aliphatic heterocycles. The Labute approximate surface area is 218 Å². The first-order chi connectivity index (χ1) is 18.0. The van der Waals surface area contributed by atoms with Crippen molar-refractivity contribution < 1.29 is 22.7 Å². The molecule has 3 aromatic rings. The summed E-state index contributed by atoms with van der Waals surface area (Å²) in [7, 11) is 0. The van der Waals surface area contributed by atoms with E-state index < -0.39 is 34.9 Å². The van der Waals surface area contributed by atoms with Gasteiger partial charge in [0, 0.05) is 44.1 Å². The highest BCUT2D eigenvalue weighted by Gasteiger charge is 2.37. The van der Waals surface area contributed by atoms with Crippen molar-refractivity contribution in [1.29, 1.82) is 0 Å². The number of rotatable bonds is 4. The van der Waals surface area contributed by atoms with E-state index in [0.717, 1.165) is 22.4 Å². The van der Waals surface area contributed by atoms with Gasteiger partial charge in [0.25, 0.3) is 0 Å². The summed E-state index contributed by atoms with van der Waals surface area (Å²) in [5, 5.41) is 4.17. The van der Waals surface area contributed by atoms with E-state index in [1.165, 1.54) is 6.20 Å². The van der Waals surface area contributed by atoms with E-state index in [-0.39, 0.29) is 23.8 Å². The van der Waals surface area contributed by atoms with Gasteiger partial charge in [0.2, 0.25) is 11.7 Å². The summed E-state index contributed by atoms with van der Waals surface area (Å²) >= 11 is 0. The topological polar surface area (TPSA) is 67.7 Å². The monoisotopic (exact) mass is 526 g/mol. The third-order valence-electron chi connectivity index (χ3n) is 6.92. The molecule has 5 rings (SSSR count). The van der Waals surface area contributed by atoms with Crippen LogP contribution in [-0.4, -0.2) is 52.9 Å². The number of alkyl halides is 1. The lowest BCUT2D eigenvalue weighted by Gasteiger charge is -2.39. The van der Waals surface area contributed by atoms with Crippen LogP contribution in [0.5, 0.6) is 5.75 Å². The van der Waals surface area contributed by atoms with Crippen molar-refractivity contribution in [3.8, 4) is 11.4 Å². The second-order valence-electron chi connectivity index (χ2n) is 10.7. The Hall–Kier alpha value is -3.82. The summed E-state index contributed by atoms with van der Waals surface area (Å²) in [5.74, 6) is -1.86. The second kappa shape index (κ2) is 9.81. The minimum Gasteiger partial charge on any atom is -0.479 e. The zero-order valence-electron chi connectivity index (χ0n) is 21.5. The maximum Gasteiger partial charge on any atom is 0.316 e. The van der Waals surface area contributed by atoms with Crippen LogP contribution in [0.2, 0.25) is 0 Å². The van der Waals surface area contributed by atoms with Crippen LogP contribution in [0.1, 0.15) is 38.1 Å². The van der Waals surface area contributed by atoms with Crippen LogP contribution < -0.4 is 15.2 Å². The Morgan fingerprint density at radius 3 is 2.32 bits per heavy atom. The Kier molecular flexibility index (Phi) is 6.66. The minimum absolute atomic E-state index is 0.0271. The molecular formula is C28H29F3N4O3. The Morgan fingerprint density at radius 1 is 1.03 bits per heavy atom. The molecule has 2 unspecified atom stereocenters. The fraction of sp³-hybridized carbons (Fsp3) is 0.393. The van der Waals surface area contributed by atoms with Gasteiger partial charge in [0.15, 0.2) is 6.17 Å².